The lowest BCUT2D eigenvalue weighted by molar-refractivity contribution is -0.160. The van der Waals surface area contributed by atoms with Gasteiger partial charge in [-0.05, 0) is 41.7 Å². The SMILES string of the molecule is CC(C)c1ccc(NC(=O)CN2CCOC3(CC=CCc4ccccc4OCCNC3=O)C2)cc1. The molecule has 2 aromatic rings. The quantitative estimate of drug-likeness (QED) is 0.659. The summed E-state index contributed by atoms with van der Waals surface area (Å²) in [5, 5.41) is 5.94. The Hall–Kier alpha value is -3.16. The van der Waals surface area contributed by atoms with Gasteiger partial charge in [0, 0.05) is 25.2 Å². The average Bonchev–Trinajstić information content (AvgIpc) is 2.85. The summed E-state index contributed by atoms with van der Waals surface area (Å²) in [6, 6.07) is 15.9. The molecular weight excluding hydrogens is 442 g/mol. The van der Waals surface area contributed by atoms with Crippen molar-refractivity contribution in [2.24, 2.45) is 0 Å². The van der Waals surface area contributed by atoms with Crippen molar-refractivity contribution in [2.75, 3.05) is 44.7 Å². The van der Waals surface area contributed by atoms with E-state index in [0.717, 1.165) is 23.4 Å². The predicted octanol–water partition coefficient (Wildman–Crippen LogP) is 3.52. The number of morpholine rings is 1. The summed E-state index contributed by atoms with van der Waals surface area (Å²) in [4.78, 5) is 28.0. The van der Waals surface area contributed by atoms with E-state index in [1.165, 1.54) is 5.56 Å². The molecule has 4 rings (SSSR count). The van der Waals surface area contributed by atoms with Gasteiger partial charge in [-0.1, -0.05) is 56.3 Å². The fraction of sp³-hybridized carbons (Fsp3) is 0.429. The van der Waals surface area contributed by atoms with Crippen LogP contribution in [0.1, 0.15) is 37.3 Å². The second-order valence-corrected chi connectivity index (χ2v) is 9.47. The Morgan fingerprint density at radius 3 is 2.71 bits per heavy atom. The number of allylic oxidation sites excluding steroid dienone is 1. The number of benzene rings is 2. The molecule has 2 aliphatic rings. The normalized spacial score (nSPS) is 21.4. The number of amides is 2. The van der Waals surface area contributed by atoms with Crippen molar-refractivity contribution in [1.82, 2.24) is 10.2 Å². The summed E-state index contributed by atoms with van der Waals surface area (Å²) in [6.07, 6.45) is 5.21. The van der Waals surface area contributed by atoms with Crippen molar-refractivity contribution in [3.63, 3.8) is 0 Å². The first-order valence-corrected chi connectivity index (χ1v) is 12.4. The van der Waals surface area contributed by atoms with Gasteiger partial charge in [0.2, 0.25) is 5.91 Å². The van der Waals surface area contributed by atoms with Gasteiger partial charge in [0.1, 0.15) is 12.4 Å². The number of hydrogen-bond acceptors (Lipinski definition) is 5. The minimum atomic E-state index is -1.04. The number of rotatable bonds is 4. The van der Waals surface area contributed by atoms with Crippen LogP contribution in [0.25, 0.3) is 0 Å². The molecule has 1 spiro atoms. The minimum Gasteiger partial charge on any atom is -0.491 e. The molecule has 2 aromatic carbocycles. The highest BCUT2D eigenvalue weighted by Crippen LogP contribution is 2.25. The van der Waals surface area contributed by atoms with Crippen LogP contribution >= 0.6 is 0 Å². The van der Waals surface area contributed by atoms with Crippen molar-refractivity contribution >= 4 is 17.5 Å². The van der Waals surface area contributed by atoms with Gasteiger partial charge in [0.25, 0.3) is 5.91 Å². The molecule has 0 aliphatic carbocycles. The molecule has 186 valence electrons. The molecule has 1 atom stereocenters. The number of hydrogen-bond donors (Lipinski definition) is 2. The zero-order valence-corrected chi connectivity index (χ0v) is 20.6. The van der Waals surface area contributed by atoms with Crippen LogP contribution in [-0.2, 0) is 20.7 Å². The van der Waals surface area contributed by atoms with Gasteiger partial charge in [-0.3, -0.25) is 14.5 Å². The molecule has 1 fully saturated rings. The van der Waals surface area contributed by atoms with E-state index in [2.05, 4.69) is 30.6 Å². The average molecular weight is 478 g/mol. The zero-order valence-electron chi connectivity index (χ0n) is 20.6. The van der Waals surface area contributed by atoms with Crippen LogP contribution < -0.4 is 15.4 Å². The van der Waals surface area contributed by atoms with E-state index < -0.39 is 5.60 Å². The summed E-state index contributed by atoms with van der Waals surface area (Å²) in [6.45, 7) is 6.57. The molecular formula is C28H35N3O4. The molecule has 7 nitrogen and oxygen atoms in total. The molecule has 1 unspecified atom stereocenters. The zero-order chi connectivity index (χ0) is 24.7. The molecule has 7 heteroatoms. The van der Waals surface area contributed by atoms with Gasteiger partial charge < -0.3 is 20.1 Å². The van der Waals surface area contributed by atoms with Gasteiger partial charge >= 0.3 is 0 Å². The van der Waals surface area contributed by atoms with E-state index in [-0.39, 0.29) is 18.4 Å². The number of ether oxygens (including phenoxy) is 2. The van der Waals surface area contributed by atoms with E-state index in [0.29, 0.717) is 45.2 Å². The maximum atomic E-state index is 13.2. The highest BCUT2D eigenvalue weighted by molar-refractivity contribution is 5.92. The molecule has 2 heterocycles. The van der Waals surface area contributed by atoms with Crippen molar-refractivity contribution in [3.05, 3.63) is 71.8 Å². The Morgan fingerprint density at radius 1 is 1.11 bits per heavy atom. The number of nitrogens with zero attached hydrogens (tertiary/aromatic N) is 1. The third-order valence-corrected chi connectivity index (χ3v) is 6.48. The number of carbonyl (C=O) groups is 2. The van der Waals surface area contributed by atoms with Gasteiger partial charge in [0.05, 0.1) is 19.7 Å². The second-order valence-electron chi connectivity index (χ2n) is 9.47. The lowest BCUT2D eigenvalue weighted by Gasteiger charge is -2.41. The van der Waals surface area contributed by atoms with Crippen molar-refractivity contribution in [3.8, 4) is 5.75 Å². The van der Waals surface area contributed by atoms with Crippen LogP contribution in [0.15, 0.2) is 60.7 Å². The van der Waals surface area contributed by atoms with Crippen molar-refractivity contribution in [1.29, 1.82) is 0 Å². The largest absolute Gasteiger partial charge is 0.491 e. The van der Waals surface area contributed by atoms with Crippen LogP contribution in [0.2, 0.25) is 0 Å². The molecule has 2 amide bonds. The van der Waals surface area contributed by atoms with E-state index in [4.69, 9.17) is 9.47 Å². The Balaban J connectivity index is 1.41. The van der Waals surface area contributed by atoms with Crippen molar-refractivity contribution in [2.45, 2.75) is 38.2 Å². The predicted molar refractivity (Wildman–Crippen MR) is 137 cm³/mol. The number of anilines is 1. The summed E-state index contributed by atoms with van der Waals surface area (Å²) in [5.74, 6) is 1.01. The molecule has 0 saturated carbocycles. The van der Waals surface area contributed by atoms with Crippen LogP contribution in [0.4, 0.5) is 5.69 Å². The van der Waals surface area contributed by atoms with E-state index in [1.54, 1.807) is 0 Å². The van der Waals surface area contributed by atoms with E-state index >= 15 is 0 Å². The van der Waals surface area contributed by atoms with Crippen LogP contribution in [0.3, 0.4) is 0 Å². The lowest BCUT2D eigenvalue weighted by atomic mass is 9.94. The van der Waals surface area contributed by atoms with Crippen molar-refractivity contribution < 1.29 is 19.1 Å². The minimum absolute atomic E-state index is 0.103. The summed E-state index contributed by atoms with van der Waals surface area (Å²) >= 11 is 0. The van der Waals surface area contributed by atoms with E-state index in [9.17, 15) is 9.59 Å². The first kappa shape index (κ1) is 24.9. The fourth-order valence-corrected chi connectivity index (χ4v) is 4.48. The van der Waals surface area contributed by atoms with Crippen LogP contribution in [0.5, 0.6) is 5.75 Å². The number of fused-ring (bicyclic) bond motifs is 1. The fourth-order valence-electron chi connectivity index (χ4n) is 4.48. The Morgan fingerprint density at radius 2 is 1.91 bits per heavy atom. The second kappa shape index (κ2) is 11.5. The number of nitrogens with one attached hydrogen (secondary N) is 2. The van der Waals surface area contributed by atoms with Gasteiger partial charge in [-0.25, -0.2) is 0 Å². The molecule has 0 bridgehead atoms. The Bertz CT molecular complexity index is 1050. The van der Waals surface area contributed by atoms with Gasteiger partial charge in [-0.2, -0.15) is 0 Å². The summed E-state index contributed by atoms with van der Waals surface area (Å²) in [5.41, 5.74) is 2.07. The third-order valence-electron chi connectivity index (χ3n) is 6.48. The monoisotopic (exact) mass is 477 g/mol. The highest BCUT2D eigenvalue weighted by Gasteiger charge is 2.43. The highest BCUT2D eigenvalue weighted by atomic mass is 16.5. The maximum Gasteiger partial charge on any atom is 0.254 e. The standard InChI is InChI=1S/C28H35N3O4/c1-21(2)22-10-12-24(13-11-22)30-26(32)19-31-16-18-35-28(20-31)14-6-5-8-23-7-3-4-9-25(23)34-17-15-29-27(28)33/h3-7,9-13,21H,8,14-20H2,1-2H3,(H,29,33)(H,30,32). The van der Waals surface area contributed by atoms with Gasteiger partial charge in [-0.15, -0.1) is 0 Å². The molecule has 2 N–H and O–H groups in total. The van der Waals surface area contributed by atoms with Gasteiger partial charge in [0.15, 0.2) is 5.60 Å². The summed E-state index contributed by atoms with van der Waals surface area (Å²) < 4.78 is 12.0. The first-order chi connectivity index (χ1) is 16.9. The number of para-hydroxylation sites is 1. The topological polar surface area (TPSA) is 79.9 Å². The van der Waals surface area contributed by atoms with Crippen LogP contribution in [0, 0.1) is 0 Å². The first-order valence-electron chi connectivity index (χ1n) is 12.4. The Kier molecular flexibility index (Phi) is 8.21. The molecule has 2 aliphatic heterocycles. The smallest absolute Gasteiger partial charge is 0.254 e. The molecule has 35 heavy (non-hydrogen) atoms. The van der Waals surface area contributed by atoms with Crippen LogP contribution in [-0.4, -0.2) is 61.7 Å². The number of carbonyl (C=O) groups excluding carboxylic acids is 2. The molecule has 1 saturated heterocycles. The summed E-state index contributed by atoms with van der Waals surface area (Å²) in [7, 11) is 0. The lowest BCUT2D eigenvalue weighted by Crippen LogP contribution is -2.60. The maximum absolute atomic E-state index is 13.2. The molecule has 0 aromatic heterocycles. The third kappa shape index (κ3) is 6.50. The molecule has 0 radical (unpaired) electrons. The Labute approximate surface area is 207 Å². The van der Waals surface area contributed by atoms with E-state index in [1.807, 2.05) is 59.5 Å².